The topological polar surface area (TPSA) is 35.2 Å². The zero-order valence-corrected chi connectivity index (χ0v) is 9.66. The summed E-state index contributed by atoms with van der Waals surface area (Å²) in [5.74, 6) is 0.950. The van der Waals surface area contributed by atoms with Gasteiger partial charge in [0.15, 0.2) is 0 Å². The summed E-state index contributed by atoms with van der Waals surface area (Å²) in [7, 11) is 0. The lowest BCUT2D eigenvalue weighted by Gasteiger charge is -2.49. The Morgan fingerprint density at radius 2 is 1.87 bits per heavy atom. The fourth-order valence-electron chi connectivity index (χ4n) is 1.90. The summed E-state index contributed by atoms with van der Waals surface area (Å²) >= 11 is 0. The van der Waals surface area contributed by atoms with Gasteiger partial charge in [-0.05, 0) is 19.1 Å². The number of ether oxygens (including phenoxy) is 1. The molecule has 2 heteroatoms. The fraction of sp³-hybridized carbons (Fsp3) is 0.538. The van der Waals surface area contributed by atoms with Gasteiger partial charge in [0.25, 0.3) is 0 Å². The molecule has 2 rings (SSSR count). The summed E-state index contributed by atoms with van der Waals surface area (Å²) in [5, 5.41) is 0. The number of aryl methyl sites for hydroxylation is 1. The molecule has 0 radical (unpaired) electrons. The van der Waals surface area contributed by atoms with Crippen molar-refractivity contribution in [1.82, 2.24) is 0 Å². The summed E-state index contributed by atoms with van der Waals surface area (Å²) in [6.45, 7) is 6.41. The van der Waals surface area contributed by atoms with Gasteiger partial charge in [-0.3, -0.25) is 0 Å². The number of hydrogen-bond donors (Lipinski definition) is 1. The van der Waals surface area contributed by atoms with Crippen LogP contribution >= 0.6 is 0 Å². The van der Waals surface area contributed by atoms with Crippen LogP contribution in [0.2, 0.25) is 0 Å². The Morgan fingerprint density at radius 1 is 1.27 bits per heavy atom. The van der Waals surface area contributed by atoms with E-state index in [1.54, 1.807) is 0 Å². The molecule has 2 N–H and O–H groups in total. The van der Waals surface area contributed by atoms with E-state index in [4.69, 9.17) is 10.5 Å². The summed E-state index contributed by atoms with van der Waals surface area (Å²) in [6, 6.07) is 8.46. The SMILES string of the molecule is Cc1ccc(OC2CC(N)C2(C)C)cc1. The van der Waals surface area contributed by atoms with E-state index in [1.165, 1.54) is 5.56 Å². The molecule has 1 aromatic rings. The van der Waals surface area contributed by atoms with Gasteiger partial charge in [0.1, 0.15) is 11.9 Å². The van der Waals surface area contributed by atoms with Gasteiger partial charge in [0.2, 0.25) is 0 Å². The van der Waals surface area contributed by atoms with Gasteiger partial charge in [0.05, 0.1) is 0 Å². The minimum Gasteiger partial charge on any atom is -0.490 e. The van der Waals surface area contributed by atoms with Crippen molar-refractivity contribution in [3.63, 3.8) is 0 Å². The number of hydrogen-bond acceptors (Lipinski definition) is 2. The maximum Gasteiger partial charge on any atom is 0.119 e. The number of benzene rings is 1. The van der Waals surface area contributed by atoms with Crippen LogP contribution in [0.4, 0.5) is 0 Å². The maximum absolute atomic E-state index is 5.94. The molecule has 15 heavy (non-hydrogen) atoms. The molecule has 1 aliphatic rings. The van der Waals surface area contributed by atoms with Gasteiger partial charge in [0, 0.05) is 17.9 Å². The molecule has 82 valence electrons. The van der Waals surface area contributed by atoms with Gasteiger partial charge in [-0.1, -0.05) is 31.5 Å². The third-order valence-electron chi connectivity index (χ3n) is 3.55. The van der Waals surface area contributed by atoms with E-state index in [9.17, 15) is 0 Å². The molecular weight excluding hydrogens is 186 g/mol. The zero-order valence-electron chi connectivity index (χ0n) is 9.66. The quantitative estimate of drug-likeness (QED) is 0.805. The van der Waals surface area contributed by atoms with Crippen molar-refractivity contribution in [3.05, 3.63) is 29.8 Å². The first kappa shape index (κ1) is 10.5. The van der Waals surface area contributed by atoms with Crippen LogP contribution in [0.5, 0.6) is 5.75 Å². The Kier molecular flexibility index (Phi) is 2.47. The molecule has 2 unspecified atom stereocenters. The Labute approximate surface area is 91.4 Å². The first-order valence-corrected chi connectivity index (χ1v) is 5.49. The van der Waals surface area contributed by atoms with Crippen molar-refractivity contribution >= 4 is 0 Å². The van der Waals surface area contributed by atoms with Crippen molar-refractivity contribution in [2.75, 3.05) is 0 Å². The summed E-state index contributed by atoms with van der Waals surface area (Å²) < 4.78 is 5.91. The van der Waals surface area contributed by atoms with Crippen LogP contribution in [0.15, 0.2) is 24.3 Å². The van der Waals surface area contributed by atoms with Gasteiger partial charge in [-0.15, -0.1) is 0 Å². The number of nitrogens with two attached hydrogens (primary N) is 1. The Balaban J connectivity index is 2.02. The van der Waals surface area contributed by atoms with Gasteiger partial charge in [-0.25, -0.2) is 0 Å². The fourth-order valence-corrected chi connectivity index (χ4v) is 1.90. The van der Waals surface area contributed by atoms with Crippen LogP contribution in [0.3, 0.4) is 0 Å². The van der Waals surface area contributed by atoms with E-state index in [0.717, 1.165) is 12.2 Å². The number of rotatable bonds is 2. The van der Waals surface area contributed by atoms with E-state index in [2.05, 4.69) is 32.9 Å². The standard InChI is InChI=1S/C13H19NO/c1-9-4-6-10(7-5-9)15-12-8-11(14)13(12,2)3/h4-7,11-12H,8,14H2,1-3H3. The molecule has 1 aliphatic carbocycles. The van der Waals surface area contributed by atoms with Crippen molar-refractivity contribution in [2.24, 2.45) is 11.1 Å². The summed E-state index contributed by atoms with van der Waals surface area (Å²) in [4.78, 5) is 0. The minimum atomic E-state index is 0.102. The van der Waals surface area contributed by atoms with Crippen molar-refractivity contribution < 1.29 is 4.74 Å². The first-order valence-electron chi connectivity index (χ1n) is 5.49. The molecule has 0 heterocycles. The molecule has 0 aliphatic heterocycles. The lowest BCUT2D eigenvalue weighted by molar-refractivity contribution is -0.0399. The Morgan fingerprint density at radius 3 is 2.33 bits per heavy atom. The monoisotopic (exact) mass is 205 g/mol. The van der Waals surface area contributed by atoms with Gasteiger partial charge >= 0.3 is 0 Å². The average molecular weight is 205 g/mol. The Bertz CT molecular complexity index is 342. The van der Waals surface area contributed by atoms with Crippen LogP contribution in [-0.2, 0) is 0 Å². The second-order valence-corrected chi connectivity index (χ2v) is 5.08. The van der Waals surface area contributed by atoms with E-state index >= 15 is 0 Å². The predicted octanol–water partition coefficient (Wildman–Crippen LogP) is 2.50. The molecule has 1 aromatic carbocycles. The summed E-state index contributed by atoms with van der Waals surface area (Å²) in [6.07, 6.45) is 1.22. The molecule has 2 atom stereocenters. The predicted molar refractivity (Wildman–Crippen MR) is 62.0 cm³/mol. The molecule has 0 spiro atoms. The van der Waals surface area contributed by atoms with Gasteiger partial charge in [-0.2, -0.15) is 0 Å². The highest BCUT2D eigenvalue weighted by molar-refractivity contribution is 5.27. The van der Waals surface area contributed by atoms with E-state index in [1.807, 2.05) is 12.1 Å². The lowest BCUT2D eigenvalue weighted by Crippen LogP contribution is -2.60. The highest BCUT2D eigenvalue weighted by atomic mass is 16.5. The largest absolute Gasteiger partial charge is 0.490 e. The molecule has 0 bridgehead atoms. The average Bonchev–Trinajstić information content (AvgIpc) is 2.21. The zero-order chi connectivity index (χ0) is 11.1. The van der Waals surface area contributed by atoms with E-state index in [-0.39, 0.29) is 17.6 Å². The molecular formula is C13H19NO. The van der Waals surface area contributed by atoms with Gasteiger partial charge < -0.3 is 10.5 Å². The normalized spacial score (nSPS) is 28.3. The Hall–Kier alpha value is -1.02. The molecule has 2 nitrogen and oxygen atoms in total. The molecule has 0 saturated heterocycles. The molecule has 0 aromatic heterocycles. The van der Waals surface area contributed by atoms with Crippen LogP contribution in [-0.4, -0.2) is 12.1 Å². The van der Waals surface area contributed by atoms with E-state index in [0.29, 0.717) is 0 Å². The smallest absolute Gasteiger partial charge is 0.119 e. The maximum atomic E-state index is 5.94. The highest BCUT2D eigenvalue weighted by Crippen LogP contribution is 2.41. The van der Waals surface area contributed by atoms with Crippen LogP contribution in [0, 0.1) is 12.3 Å². The van der Waals surface area contributed by atoms with Crippen LogP contribution < -0.4 is 10.5 Å². The molecule has 1 saturated carbocycles. The van der Waals surface area contributed by atoms with E-state index < -0.39 is 0 Å². The third-order valence-corrected chi connectivity index (χ3v) is 3.55. The lowest BCUT2D eigenvalue weighted by atomic mass is 9.65. The van der Waals surface area contributed by atoms with Crippen LogP contribution in [0.1, 0.15) is 25.8 Å². The summed E-state index contributed by atoms with van der Waals surface area (Å²) in [5.41, 5.74) is 7.30. The first-order chi connectivity index (χ1) is 7.00. The molecule has 1 fully saturated rings. The third kappa shape index (κ3) is 1.86. The van der Waals surface area contributed by atoms with Crippen molar-refractivity contribution in [3.8, 4) is 5.75 Å². The van der Waals surface area contributed by atoms with Crippen LogP contribution in [0.25, 0.3) is 0 Å². The van der Waals surface area contributed by atoms with Crippen molar-refractivity contribution in [2.45, 2.75) is 39.3 Å². The minimum absolute atomic E-state index is 0.102. The second kappa shape index (κ2) is 3.53. The van der Waals surface area contributed by atoms with Crippen molar-refractivity contribution in [1.29, 1.82) is 0 Å². The highest BCUT2D eigenvalue weighted by Gasteiger charge is 2.47. The molecule has 0 amide bonds. The second-order valence-electron chi connectivity index (χ2n) is 5.08.